The Bertz CT molecular complexity index is 532. The number of allylic oxidation sites excluding steroid dienone is 8. The van der Waals surface area contributed by atoms with Gasteiger partial charge in [0.05, 0.1) is 0 Å². The van der Waals surface area contributed by atoms with E-state index in [1.165, 1.54) is 0 Å². The van der Waals surface area contributed by atoms with Crippen LogP contribution in [-0.2, 0) is 21.7 Å². The molecule has 0 heterocycles. The molecule has 2 radical (unpaired) electrons. The summed E-state index contributed by atoms with van der Waals surface area (Å²) in [4.78, 5) is 10.5. The Labute approximate surface area is 214 Å². The normalized spacial score (nSPS) is 15.5. The van der Waals surface area contributed by atoms with Gasteiger partial charge in [0.15, 0.2) is 0 Å². The van der Waals surface area contributed by atoms with Crippen LogP contribution in [0.3, 0.4) is 0 Å². The summed E-state index contributed by atoms with van der Waals surface area (Å²) in [5, 5.41) is 0. The second-order valence-corrected chi connectivity index (χ2v) is 30.9. The van der Waals surface area contributed by atoms with Crippen molar-refractivity contribution >= 4 is 32.9 Å². The Morgan fingerprint density at radius 3 is 0.871 bits per heavy atom. The summed E-state index contributed by atoms with van der Waals surface area (Å²) in [6, 6.07) is 0. The molecule has 0 spiro atoms. The molecule has 0 aromatic rings. The van der Waals surface area contributed by atoms with Crippen LogP contribution in [0, 0.1) is 12.8 Å². The van der Waals surface area contributed by atoms with E-state index in [1.54, 1.807) is 0 Å². The first kappa shape index (κ1) is 33.6. The van der Waals surface area contributed by atoms with E-state index >= 15 is 0 Å². The van der Waals surface area contributed by atoms with Crippen molar-refractivity contribution < 1.29 is 21.7 Å². The van der Waals surface area contributed by atoms with E-state index in [9.17, 15) is 0 Å². The Balaban J connectivity index is 0. The van der Waals surface area contributed by atoms with Crippen LogP contribution in [0.2, 0.25) is 78.6 Å². The molecule has 0 atom stereocenters. The van der Waals surface area contributed by atoms with E-state index in [0.717, 1.165) is 0 Å². The Kier molecular flexibility index (Phi) is 15.9. The van der Waals surface area contributed by atoms with Crippen molar-refractivity contribution in [1.29, 1.82) is 0 Å². The Hall–Kier alpha value is 0.422. The molecule has 0 unspecified atom stereocenters. The van der Waals surface area contributed by atoms with Gasteiger partial charge in [-0.3, -0.25) is 0 Å². The largest absolute Gasteiger partial charge is 2.00 e. The first-order valence-electron chi connectivity index (χ1n) is 11.0. The standard InChI is InChI=1S/C13H37N3Si4.2C5H5.Ti/c1-17(2,3)14-13(15-18(4,5)6)16(19(7,8)9)20(10,11)12;2*1-2-4-5-3-1;/h13H,1-12H3;2*1-5H;/q-2;;;+2. The van der Waals surface area contributed by atoms with E-state index < -0.39 is 32.9 Å². The molecule has 0 aromatic carbocycles. The zero-order chi connectivity index (χ0) is 23.6. The molecule has 2 aliphatic rings. The van der Waals surface area contributed by atoms with Crippen molar-refractivity contribution in [1.82, 2.24) is 4.23 Å². The van der Waals surface area contributed by atoms with Crippen LogP contribution in [0.25, 0.3) is 9.96 Å². The Morgan fingerprint density at radius 1 is 0.484 bits per heavy atom. The molecule has 174 valence electrons. The van der Waals surface area contributed by atoms with Crippen LogP contribution in [0.5, 0.6) is 0 Å². The monoisotopic (exact) mass is 525 g/mol. The minimum atomic E-state index is -1.48. The van der Waals surface area contributed by atoms with Gasteiger partial charge in [-0.15, -0.1) is 0 Å². The third-order valence-electron chi connectivity index (χ3n) is 3.79. The predicted octanol–water partition coefficient (Wildman–Crippen LogP) is 8.29. The van der Waals surface area contributed by atoms with Crippen molar-refractivity contribution in [2.24, 2.45) is 0 Å². The average Bonchev–Trinajstić information content (AvgIpc) is 3.20. The zero-order valence-corrected chi connectivity index (χ0v) is 27.8. The molecule has 0 fully saturated rings. The number of hydrogen-bond acceptors (Lipinski definition) is 1. The molecule has 0 saturated carbocycles. The van der Waals surface area contributed by atoms with Crippen LogP contribution in [0.15, 0.2) is 48.6 Å². The molecule has 0 amide bonds. The van der Waals surface area contributed by atoms with Gasteiger partial charge in [0.25, 0.3) is 0 Å². The van der Waals surface area contributed by atoms with E-state index in [4.69, 9.17) is 9.96 Å². The minimum absolute atomic E-state index is 0. The van der Waals surface area contributed by atoms with Crippen LogP contribution in [0.4, 0.5) is 0 Å². The summed E-state index contributed by atoms with van der Waals surface area (Å²) in [6.45, 7) is 28.6. The average molecular weight is 526 g/mol. The molecule has 0 aliphatic heterocycles. The number of nitrogens with zero attached hydrogens (tertiary/aromatic N) is 3. The van der Waals surface area contributed by atoms with Crippen LogP contribution < -0.4 is 0 Å². The summed E-state index contributed by atoms with van der Waals surface area (Å²) in [7, 11) is -5.83. The molecule has 0 saturated heterocycles. The molecule has 0 N–H and O–H groups in total. The van der Waals surface area contributed by atoms with Gasteiger partial charge in [0, 0.05) is 12.8 Å². The smallest absolute Gasteiger partial charge is 0.670 e. The van der Waals surface area contributed by atoms with Crippen molar-refractivity contribution in [2.75, 3.05) is 0 Å². The summed E-state index contributed by atoms with van der Waals surface area (Å²) < 4.78 is 2.76. The summed E-state index contributed by atoms with van der Waals surface area (Å²) in [5.74, 6) is 0. The van der Waals surface area contributed by atoms with Crippen molar-refractivity contribution in [3.8, 4) is 0 Å². The Morgan fingerprint density at radius 2 is 0.742 bits per heavy atom. The quantitative estimate of drug-likeness (QED) is 0.308. The van der Waals surface area contributed by atoms with Gasteiger partial charge >= 0.3 is 21.7 Å². The van der Waals surface area contributed by atoms with Gasteiger partial charge < -0.3 is 14.2 Å². The van der Waals surface area contributed by atoms with E-state index in [1.807, 2.05) is 61.4 Å². The van der Waals surface area contributed by atoms with E-state index in [0.29, 0.717) is 0 Å². The molecule has 2 rings (SSSR count). The molecule has 31 heavy (non-hydrogen) atoms. The number of hydrogen-bond donors (Lipinski definition) is 0. The van der Waals surface area contributed by atoms with Crippen LogP contribution >= 0.6 is 0 Å². The molecule has 0 aromatic heterocycles. The van der Waals surface area contributed by atoms with Gasteiger partial charge in [-0.05, 0) is 0 Å². The molecule has 3 nitrogen and oxygen atoms in total. The molecule has 2 aliphatic carbocycles. The van der Waals surface area contributed by atoms with Gasteiger partial charge in [-0.2, -0.15) is 0 Å². The molecular formula is C23H47N3Si4Ti. The first-order chi connectivity index (χ1) is 13.4. The maximum Gasteiger partial charge on any atom is 2.00 e. The maximum atomic E-state index is 5.23. The van der Waals surface area contributed by atoms with Crippen LogP contribution in [0.1, 0.15) is 0 Å². The van der Waals surface area contributed by atoms with Gasteiger partial charge in [-0.1, -0.05) is 144 Å². The minimum Gasteiger partial charge on any atom is -0.670 e. The van der Waals surface area contributed by atoms with Crippen LogP contribution in [-0.4, -0.2) is 43.5 Å². The summed E-state index contributed by atoms with van der Waals surface area (Å²) >= 11 is 0. The third kappa shape index (κ3) is 18.5. The predicted molar refractivity (Wildman–Crippen MR) is 151 cm³/mol. The number of rotatable bonds is 7. The zero-order valence-electron chi connectivity index (χ0n) is 22.2. The van der Waals surface area contributed by atoms with Gasteiger partial charge in [-0.25, -0.2) is 6.29 Å². The molecule has 0 bridgehead atoms. The molecule has 8 heteroatoms. The SMILES string of the molecule is C[Si](C)(C)[N-]C([N-][Si](C)(C)C)N([Si](C)(C)C)[Si](C)(C)C.[CH]1C=CC=C1.[CH]1C=CC=C1.[Ti+2]. The fourth-order valence-electron chi connectivity index (χ4n) is 3.18. The van der Waals surface area contributed by atoms with Crippen molar-refractivity contribution in [2.45, 2.75) is 84.9 Å². The second kappa shape index (κ2) is 14.6. The first-order valence-corrected chi connectivity index (χ1v) is 24.8. The van der Waals surface area contributed by atoms with Gasteiger partial charge in [0.2, 0.25) is 0 Å². The van der Waals surface area contributed by atoms with Gasteiger partial charge in [0.1, 0.15) is 16.5 Å². The fourth-order valence-corrected chi connectivity index (χ4v) is 15.2. The topological polar surface area (TPSA) is 31.4 Å². The van der Waals surface area contributed by atoms with E-state index in [2.05, 4.69) is 82.8 Å². The van der Waals surface area contributed by atoms with Crippen molar-refractivity contribution in [3.63, 3.8) is 0 Å². The summed E-state index contributed by atoms with van der Waals surface area (Å²) in [6.07, 6.45) is 20.1. The fraction of sp³-hybridized carbons (Fsp3) is 0.565. The van der Waals surface area contributed by atoms with E-state index in [-0.39, 0.29) is 28.0 Å². The third-order valence-corrected chi connectivity index (χ3v) is 13.2. The second-order valence-electron chi connectivity index (χ2n) is 11.6. The molecular weight excluding hydrogens is 478 g/mol. The maximum absolute atomic E-state index is 5.23. The summed E-state index contributed by atoms with van der Waals surface area (Å²) in [5.41, 5.74) is 0. The van der Waals surface area contributed by atoms with Crippen molar-refractivity contribution in [3.05, 3.63) is 71.4 Å².